The van der Waals surface area contributed by atoms with E-state index in [1.807, 2.05) is 24.3 Å². The summed E-state index contributed by atoms with van der Waals surface area (Å²) < 4.78 is 70.5. The molecule has 29 heteroatoms. The lowest BCUT2D eigenvalue weighted by atomic mass is 9.86. The number of imidazole rings is 1. The van der Waals surface area contributed by atoms with Gasteiger partial charge in [0.05, 0.1) is 25.6 Å². The highest BCUT2D eigenvalue weighted by Gasteiger charge is 2.47. The van der Waals surface area contributed by atoms with E-state index in [-0.39, 0.29) is 41.8 Å². The third-order valence-corrected chi connectivity index (χ3v) is 18.8. The van der Waals surface area contributed by atoms with E-state index in [2.05, 4.69) is 85.5 Å². The minimum absolute atomic E-state index is 0.127. The summed E-state index contributed by atoms with van der Waals surface area (Å²) in [6, 6.07) is 16.5. The minimum Gasteiger partial charge on any atom is -0.756 e. The van der Waals surface area contributed by atoms with Crippen molar-refractivity contribution in [3.63, 3.8) is 0 Å². The summed E-state index contributed by atoms with van der Waals surface area (Å²) in [6.07, 6.45) is 0.724. The fraction of sp³-hybridized carbons (Fsp3) is 0.490. The molecule has 5 aromatic rings. The molecule has 0 aliphatic carbocycles. The molecular formula is C51H66N9O17P3. The van der Waals surface area contributed by atoms with Gasteiger partial charge in [0.15, 0.2) is 17.4 Å². The van der Waals surface area contributed by atoms with E-state index in [0.717, 1.165) is 96.2 Å². The first-order valence-electron chi connectivity index (χ1n) is 26.6. The standard InChI is InChI=1S/C51H66N9O17P3/c1-4-58-22-12-15-31-25-35-39(27-37(31)58)74-40-28-38-32(16-13-23-59(38)5-2)26-36(40)43(35)33-17-8-9-18-34(33)49(65)57(3)21-14-19-42(61)53-20-10-6-7-11-24-72-78(66,67)76-80(70,71)77-79(68,69)73-29-41-45(62)46(63)50(75-41)60-30-54-44-47(60)55-51(52)56-48(44)64/h8-9,17-18,25-28,30,41,45-46,50,62-63H,4-7,10-16,19-24,29H2,1-3H3,(H6-,52,53,55,56,61,64,66,67,68,69,70,71)/t41-,45-,46-,50-/m1/s1. The van der Waals surface area contributed by atoms with Crippen molar-refractivity contribution in [2.75, 3.05) is 70.2 Å². The van der Waals surface area contributed by atoms with Crippen LogP contribution in [-0.4, -0.2) is 134 Å². The largest absolute Gasteiger partial charge is 0.756 e. The number of unbranched alkanes of at least 4 members (excludes halogenated alkanes) is 3. The topological polar surface area (TPSA) is 356 Å². The van der Waals surface area contributed by atoms with Gasteiger partial charge in [0.2, 0.25) is 17.2 Å². The molecule has 4 aliphatic heterocycles. The van der Waals surface area contributed by atoms with Crippen molar-refractivity contribution >= 4 is 63.7 Å². The monoisotopic (exact) mass is 1170 g/mol. The second-order valence-electron chi connectivity index (χ2n) is 19.9. The van der Waals surface area contributed by atoms with Crippen LogP contribution in [0, 0.1) is 0 Å². The fourth-order valence-corrected chi connectivity index (χ4v) is 14.1. The van der Waals surface area contributed by atoms with E-state index in [0.29, 0.717) is 44.3 Å². The molecule has 1 saturated heterocycles. The van der Waals surface area contributed by atoms with Crippen molar-refractivity contribution in [2.45, 2.75) is 103 Å². The number of fused-ring (bicyclic) bond motifs is 5. The highest BCUT2D eigenvalue weighted by atomic mass is 31.3. The highest BCUT2D eigenvalue weighted by Crippen LogP contribution is 2.66. The van der Waals surface area contributed by atoms with Gasteiger partial charge < -0.3 is 59.7 Å². The normalized spacial score (nSPS) is 20.9. The molecule has 6 heterocycles. The number of benzene rings is 3. The van der Waals surface area contributed by atoms with Gasteiger partial charge in [0.25, 0.3) is 19.3 Å². The molecule has 9 rings (SSSR count). The van der Waals surface area contributed by atoms with Crippen LogP contribution in [0.4, 0.5) is 11.6 Å². The molecule has 8 N–H and O–H groups in total. The molecule has 3 unspecified atom stereocenters. The van der Waals surface area contributed by atoms with Gasteiger partial charge in [-0.15, -0.1) is 0 Å². The number of nitrogen functional groups attached to an aromatic ring is 1. The highest BCUT2D eigenvalue weighted by molar-refractivity contribution is 7.66. The van der Waals surface area contributed by atoms with Gasteiger partial charge >= 0.3 is 15.6 Å². The summed E-state index contributed by atoms with van der Waals surface area (Å²) in [6.45, 7) is 7.20. The lowest BCUT2D eigenvalue weighted by Crippen LogP contribution is -2.39. The molecular weight excluding hydrogens is 1100 g/mol. The Balaban J connectivity index is 0.705. The Kier molecular flexibility index (Phi) is 18.3. The Morgan fingerprint density at radius 1 is 0.950 bits per heavy atom. The number of ether oxygens (including phenoxy) is 2. The number of nitrogens with two attached hydrogens (primary N) is 1. The molecule has 1 fully saturated rings. The predicted octanol–water partition coefficient (Wildman–Crippen LogP) is 2.87. The molecule has 432 valence electrons. The molecule has 26 nitrogen and oxygen atoms in total. The zero-order chi connectivity index (χ0) is 57.1. The van der Waals surface area contributed by atoms with Gasteiger partial charge in [-0.05, 0) is 81.7 Å². The molecule has 2 aromatic heterocycles. The number of hydrogen-bond donors (Lipinski definition) is 7. The van der Waals surface area contributed by atoms with Gasteiger partial charge in [0.1, 0.15) is 42.9 Å². The van der Waals surface area contributed by atoms with Gasteiger partial charge in [-0.2, -0.15) is 9.29 Å². The zero-order valence-electron chi connectivity index (χ0n) is 44.4. The van der Waals surface area contributed by atoms with Crippen molar-refractivity contribution in [3.8, 4) is 11.5 Å². The average Bonchev–Trinajstić information content (AvgIpc) is 4.05. The van der Waals surface area contributed by atoms with Gasteiger partial charge in [-0.25, -0.2) is 23.0 Å². The van der Waals surface area contributed by atoms with Crippen LogP contribution in [0.15, 0.2) is 59.7 Å². The molecule has 3 aromatic carbocycles. The van der Waals surface area contributed by atoms with E-state index < -0.39 is 66.8 Å². The number of aryl methyl sites for hydroxylation is 2. The molecule has 80 heavy (non-hydrogen) atoms. The van der Waals surface area contributed by atoms with Crippen LogP contribution in [0.2, 0.25) is 0 Å². The zero-order valence-corrected chi connectivity index (χ0v) is 47.1. The van der Waals surface area contributed by atoms with Crippen molar-refractivity contribution < 1.29 is 75.3 Å². The number of rotatable bonds is 24. The van der Waals surface area contributed by atoms with E-state index >= 15 is 0 Å². The number of carbonyl (C=O) groups is 2. The smallest absolute Gasteiger partial charge is 0.487 e. The summed E-state index contributed by atoms with van der Waals surface area (Å²) in [4.78, 5) is 85.9. The summed E-state index contributed by atoms with van der Waals surface area (Å²) in [5, 5.41) is 26.1. The van der Waals surface area contributed by atoms with Gasteiger partial charge in [-0.1, -0.05) is 31.0 Å². The molecule has 0 saturated carbocycles. The van der Waals surface area contributed by atoms with Crippen LogP contribution >= 0.6 is 23.5 Å². The first kappa shape index (κ1) is 58.9. The second kappa shape index (κ2) is 24.8. The first-order valence-corrected chi connectivity index (χ1v) is 31.0. The van der Waals surface area contributed by atoms with E-state index in [1.165, 1.54) is 22.2 Å². The number of phosphoric acid groups is 3. The van der Waals surface area contributed by atoms with Crippen LogP contribution in [-0.2, 0) is 53.7 Å². The molecule has 0 spiro atoms. The maximum Gasteiger partial charge on any atom is 0.487 e. The third kappa shape index (κ3) is 13.3. The fourth-order valence-electron chi connectivity index (χ4n) is 10.6. The van der Waals surface area contributed by atoms with Crippen molar-refractivity contribution in [1.29, 1.82) is 0 Å². The number of aliphatic hydroxyl groups excluding tert-OH is 2. The number of phosphoric ester groups is 2. The number of aliphatic hydroxyl groups is 2. The lowest BCUT2D eigenvalue weighted by Gasteiger charge is -2.33. The molecule has 2 amide bonds. The average molecular weight is 1170 g/mol. The molecule has 4 aliphatic rings. The number of nitrogens with zero attached hydrogens (tertiary/aromatic N) is 6. The van der Waals surface area contributed by atoms with E-state index in [1.54, 1.807) is 11.9 Å². The van der Waals surface area contributed by atoms with Crippen LogP contribution in [0.25, 0.3) is 16.7 Å². The van der Waals surface area contributed by atoms with E-state index in [4.69, 9.17) is 15.2 Å². The summed E-state index contributed by atoms with van der Waals surface area (Å²) in [5.74, 6) is 0.873. The van der Waals surface area contributed by atoms with Crippen LogP contribution in [0.5, 0.6) is 11.5 Å². The van der Waals surface area contributed by atoms with Gasteiger partial charge in [0, 0.05) is 85.3 Å². The number of nitrogens with one attached hydrogen (secondary N) is 2. The summed E-state index contributed by atoms with van der Waals surface area (Å²) in [5.41, 5.74) is 11.6. The Hall–Kier alpha value is -5.69. The Morgan fingerprint density at radius 3 is 2.51 bits per heavy atom. The number of H-pyrrole nitrogens is 1. The maximum absolute atomic E-state index is 14.4. The number of hydrogen-bond acceptors (Lipinski definition) is 19. The van der Waals surface area contributed by atoms with Crippen molar-refractivity contribution in [3.05, 3.63) is 104 Å². The number of anilines is 2. The number of aromatic amines is 1. The maximum atomic E-state index is 14.4. The number of amides is 2. The second-order valence-corrected chi connectivity index (χ2v) is 24.5. The SMILES string of the molecule is CCN1CCCc2cc3c(cc21)Oc1cc2c(cc1=C3c1ccccc1C(=O)N(C)CCCC(=O)NCCCCCCOP(=O)([O-])OP(=O)(O)OP(=O)(O)OC[C@H]1O[C@@H](n3cnc4c(=O)[nH]c(N)nc43)[C@H](O)[C@@H]1O)CCC[N+]=2CC. The molecule has 7 atom stereocenters. The molecule has 0 bridgehead atoms. The lowest BCUT2D eigenvalue weighted by molar-refractivity contribution is -0.218. The first-order chi connectivity index (χ1) is 38.2. The summed E-state index contributed by atoms with van der Waals surface area (Å²) >= 11 is 0. The number of aromatic nitrogens is 4. The minimum atomic E-state index is -5.89. The quantitative estimate of drug-likeness (QED) is 0.0260. The molecule has 0 radical (unpaired) electrons. The van der Waals surface area contributed by atoms with Crippen LogP contribution < -0.4 is 46.3 Å². The van der Waals surface area contributed by atoms with Crippen LogP contribution in [0.3, 0.4) is 0 Å². The summed E-state index contributed by atoms with van der Waals surface area (Å²) in [7, 11) is -15.4. The van der Waals surface area contributed by atoms with Gasteiger partial charge in [-0.3, -0.25) is 33.0 Å². The third-order valence-electron chi connectivity index (χ3n) is 14.5. The van der Waals surface area contributed by atoms with Crippen molar-refractivity contribution in [1.82, 2.24) is 34.3 Å². The Morgan fingerprint density at radius 2 is 1.73 bits per heavy atom. The predicted molar refractivity (Wildman–Crippen MR) is 289 cm³/mol. The Bertz CT molecular complexity index is 3510. The van der Waals surface area contributed by atoms with E-state index in [9.17, 15) is 53.0 Å². The number of carbonyl (C=O) groups excluding carboxylic acids is 2. The Labute approximate surface area is 459 Å². The van der Waals surface area contributed by atoms with Crippen LogP contribution in [0.1, 0.15) is 104 Å². The van der Waals surface area contributed by atoms with Crippen molar-refractivity contribution in [2.24, 2.45) is 0 Å².